The van der Waals surface area contributed by atoms with Gasteiger partial charge in [0.25, 0.3) is 5.91 Å². The lowest BCUT2D eigenvalue weighted by Gasteiger charge is -2.34. The van der Waals surface area contributed by atoms with Gasteiger partial charge in [0.2, 0.25) is 0 Å². The highest BCUT2D eigenvalue weighted by molar-refractivity contribution is 9.10. The minimum atomic E-state index is 0.0763. The molecule has 0 aliphatic carbocycles. The minimum absolute atomic E-state index is 0.0763. The van der Waals surface area contributed by atoms with Gasteiger partial charge in [-0.2, -0.15) is 0 Å². The number of halogens is 1. The van der Waals surface area contributed by atoms with E-state index in [-0.39, 0.29) is 11.9 Å². The third-order valence-corrected chi connectivity index (χ3v) is 3.78. The molecule has 0 bridgehead atoms. The quantitative estimate of drug-likeness (QED) is 0.907. The van der Waals surface area contributed by atoms with Crippen LogP contribution in [0, 0.1) is 0 Å². The van der Waals surface area contributed by atoms with Crippen molar-refractivity contribution in [2.24, 2.45) is 0 Å². The van der Waals surface area contributed by atoms with Crippen molar-refractivity contribution in [3.05, 3.63) is 28.2 Å². The zero-order chi connectivity index (χ0) is 13.1. The Bertz CT molecular complexity index is 451. The molecule has 1 aromatic carbocycles. The van der Waals surface area contributed by atoms with Gasteiger partial charge in [-0.1, -0.05) is 0 Å². The van der Waals surface area contributed by atoms with E-state index in [4.69, 9.17) is 4.74 Å². The predicted molar refractivity (Wildman–Crippen MR) is 74.1 cm³/mol. The first-order valence-corrected chi connectivity index (χ1v) is 6.78. The van der Waals surface area contributed by atoms with Crippen molar-refractivity contribution in [3.8, 4) is 5.75 Å². The van der Waals surface area contributed by atoms with Crippen LogP contribution in [0.3, 0.4) is 0 Å². The topological polar surface area (TPSA) is 41.6 Å². The smallest absolute Gasteiger partial charge is 0.254 e. The van der Waals surface area contributed by atoms with Gasteiger partial charge in [0.15, 0.2) is 0 Å². The maximum absolute atomic E-state index is 12.4. The van der Waals surface area contributed by atoms with Gasteiger partial charge in [-0.25, -0.2) is 0 Å². The molecular weight excluding hydrogens is 296 g/mol. The van der Waals surface area contributed by atoms with Crippen LogP contribution < -0.4 is 10.1 Å². The summed E-state index contributed by atoms with van der Waals surface area (Å²) in [6, 6.07) is 5.66. The number of amides is 1. The van der Waals surface area contributed by atoms with Crippen molar-refractivity contribution in [1.82, 2.24) is 10.2 Å². The normalized spacial score (nSPS) is 19.7. The third-order valence-electron chi connectivity index (χ3n) is 3.16. The molecule has 1 aromatic rings. The Hall–Kier alpha value is -1.07. The minimum Gasteiger partial charge on any atom is -0.496 e. The van der Waals surface area contributed by atoms with E-state index >= 15 is 0 Å². The molecule has 2 rings (SSSR count). The number of ether oxygens (including phenoxy) is 1. The summed E-state index contributed by atoms with van der Waals surface area (Å²) >= 11 is 3.41. The number of nitrogens with zero attached hydrogens (tertiary/aromatic N) is 1. The van der Waals surface area contributed by atoms with Crippen molar-refractivity contribution < 1.29 is 9.53 Å². The average molecular weight is 313 g/mol. The molecule has 1 amide bonds. The number of carbonyl (C=O) groups excluding carboxylic acids is 1. The summed E-state index contributed by atoms with van der Waals surface area (Å²) in [5.74, 6) is 0.812. The van der Waals surface area contributed by atoms with Gasteiger partial charge in [0, 0.05) is 31.2 Å². The Balaban J connectivity index is 2.20. The van der Waals surface area contributed by atoms with Gasteiger partial charge in [-0.15, -0.1) is 0 Å². The molecule has 1 atom stereocenters. The highest BCUT2D eigenvalue weighted by Gasteiger charge is 2.24. The Morgan fingerprint density at radius 1 is 1.56 bits per heavy atom. The number of carbonyl (C=O) groups is 1. The van der Waals surface area contributed by atoms with Gasteiger partial charge >= 0.3 is 0 Å². The Kier molecular flexibility index (Phi) is 4.24. The molecule has 0 spiro atoms. The number of methoxy groups -OCH3 is 1. The molecule has 1 saturated heterocycles. The van der Waals surface area contributed by atoms with Gasteiger partial charge in [-0.05, 0) is 41.1 Å². The number of hydrogen-bond donors (Lipinski definition) is 1. The lowest BCUT2D eigenvalue weighted by molar-refractivity contribution is 0.0655. The van der Waals surface area contributed by atoms with Crippen LogP contribution in [-0.4, -0.2) is 43.6 Å². The Labute approximate surface area is 115 Å². The van der Waals surface area contributed by atoms with Crippen LogP contribution in [0.5, 0.6) is 5.75 Å². The lowest BCUT2D eigenvalue weighted by Crippen LogP contribution is -2.52. The Morgan fingerprint density at radius 3 is 2.94 bits per heavy atom. The monoisotopic (exact) mass is 312 g/mol. The molecule has 4 nitrogen and oxygen atoms in total. The fourth-order valence-electron chi connectivity index (χ4n) is 2.11. The second-order valence-corrected chi connectivity index (χ2v) is 5.26. The number of benzene rings is 1. The zero-order valence-electron chi connectivity index (χ0n) is 10.6. The standard InChI is InChI=1S/C13H17BrN2O2/c1-9-8-15-5-6-16(9)13(17)10-3-4-12(18-2)11(14)7-10/h3-4,7,9,15H,5-6,8H2,1-2H3/t9-/m1/s1. The number of nitrogens with one attached hydrogen (secondary N) is 1. The van der Waals surface area contributed by atoms with Crippen LogP contribution in [0.1, 0.15) is 17.3 Å². The average Bonchev–Trinajstić information content (AvgIpc) is 2.38. The van der Waals surface area contributed by atoms with E-state index in [1.54, 1.807) is 13.2 Å². The molecule has 1 aliphatic rings. The maximum Gasteiger partial charge on any atom is 0.254 e. The van der Waals surface area contributed by atoms with Crippen LogP contribution in [0.2, 0.25) is 0 Å². The molecule has 0 saturated carbocycles. The number of piperazine rings is 1. The summed E-state index contributed by atoms with van der Waals surface area (Å²) in [5.41, 5.74) is 0.691. The molecule has 0 unspecified atom stereocenters. The first kappa shape index (κ1) is 13.4. The summed E-state index contributed by atoms with van der Waals surface area (Å²) in [6.07, 6.45) is 0. The van der Waals surface area contributed by atoms with E-state index in [1.165, 1.54) is 0 Å². The van der Waals surface area contributed by atoms with Crippen LogP contribution in [0.25, 0.3) is 0 Å². The molecule has 1 heterocycles. The number of hydrogen-bond acceptors (Lipinski definition) is 3. The summed E-state index contributed by atoms with van der Waals surface area (Å²) < 4.78 is 5.97. The first-order chi connectivity index (χ1) is 8.63. The molecule has 1 fully saturated rings. The van der Waals surface area contributed by atoms with Crippen molar-refractivity contribution in [1.29, 1.82) is 0 Å². The van der Waals surface area contributed by atoms with Crippen LogP contribution in [-0.2, 0) is 0 Å². The molecule has 98 valence electrons. The highest BCUT2D eigenvalue weighted by Crippen LogP contribution is 2.26. The molecular formula is C13H17BrN2O2. The SMILES string of the molecule is COc1ccc(C(=O)N2CCNC[C@H]2C)cc1Br. The maximum atomic E-state index is 12.4. The largest absolute Gasteiger partial charge is 0.496 e. The molecule has 1 aliphatic heterocycles. The second-order valence-electron chi connectivity index (χ2n) is 4.40. The molecule has 0 radical (unpaired) electrons. The van der Waals surface area contributed by atoms with Crippen LogP contribution in [0.15, 0.2) is 22.7 Å². The van der Waals surface area contributed by atoms with E-state index in [9.17, 15) is 4.79 Å². The molecule has 0 aromatic heterocycles. The second kappa shape index (κ2) is 5.71. The molecule has 18 heavy (non-hydrogen) atoms. The fraction of sp³-hybridized carbons (Fsp3) is 0.462. The van der Waals surface area contributed by atoms with Crippen molar-refractivity contribution in [3.63, 3.8) is 0 Å². The summed E-state index contributed by atoms with van der Waals surface area (Å²) in [4.78, 5) is 14.3. The summed E-state index contributed by atoms with van der Waals surface area (Å²) in [5, 5.41) is 3.28. The van der Waals surface area contributed by atoms with Gasteiger partial charge < -0.3 is 15.0 Å². The van der Waals surface area contributed by atoms with E-state index in [2.05, 4.69) is 28.2 Å². The molecule has 1 N–H and O–H groups in total. The summed E-state index contributed by atoms with van der Waals surface area (Å²) in [7, 11) is 1.61. The van der Waals surface area contributed by atoms with E-state index in [1.807, 2.05) is 17.0 Å². The predicted octanol–water partition coefficient (Wildman–Crippen LogP) is 1.89. The first-order valence-electron chi connectivity index (χ1n) is 5.98. The van der Waals surface area contributed by atoms with Crippen molar-refractivity contribution >= 4 is 21.8 Å². The van der Waals surface area contributed by atoms with E-state index in [0.717, 1.165) is 29.9 Å². The lowest BCUT2D eigenvalue weighted by atomic mass is 10.1. The molecule has 5 heteroatoms. The third kappa shape index (κ3) is 2.67. The van der Waals surface area contributed by atoms with Crippen LogP contribution in [0.4, 0.5) is 0 Å². The van der Waals surface area contributed by atoms with E-state index in [0.29, 0.717) is 5.56 Å². The van der Waals surface area contributed by atoms with Gasteiger partial charge in [0.05, 0.1) is 11.6 Å². The van der Waals surface area contributed by atoms with Crippen molar-refractivity contribution in [2.45, 2.75) is 13.0 Å². The summed E-state index contributed by atoms with van der Waals surface area (Å²) in [6.45, 7) is 4.52. The zero-order valence-corrected chi connectivity index (χ0v) is 12.2. The number of rotatable bonds is 2. The van der Waals surface area contributed by atoms with Crippen molar-refractivity contribution in [2.75, 3.05) is 26.7 Å². The van der Waals surface area contributed by atoms with E-state index < -0.39 is 0 Å². The van der Waals surface area contributed by atoms with Gasteiger partial charge in [-0.3, -0.25) is 4.79 Å². The van der Waals surface area contributed by atoms with Gasteiger partial charge in [0.1, 0.15) is 5.75 Å². The fourth-order valence-corrected chi connectivity index (χ4v) is 2.65. The Morgan fingerprint density at radius 2 is 2.33 bits per heavy atom. The van der Waals surface area contributed by atoms with Crippen LogP contribution >= 0.6 is 15.9 Å². The highest BCUT2D eigenvalue weighted by atomic mass is 79.9.